The fourth-order valence-corrected chi connectivity index (χ4v) is 2.44. The van der Waals surface area contributed by atoms with E-state index in [0.29, 0.717) is 35.5 Å². The monoisotopic (exact) mass is 355 g/mol. The van der Waals surface area contributed by atoms with Crippen molar-refractivity contribution in [2.24, 2.45) is 0 Å². The number of hydrogen-bond donors (Lipinski definition) is 2. The second kappa shape index (κ2) is 7.42. The van der Waals surface area contributed by atoms with Crippen LogP contribution in [0.4, 0.5) is 5.69 Å². The van der Waals surface area contributed by atoms with Crippen LogP contribution in [0.3, 0.4) is 0 Å². The van der Waals surface area contributed by atoms with Gasteiger partial charge >= 0.3 is 11.8 Å². The van der Waals surface area contributed by atoms with E-state index in [0.717, 1.165) is 13.0 Å². The Labute approximate surface area is 132 Å². The third kappa shape index (κ3) is 4.18. The summed E-state index contributed by atoms with van der Waals surface area (Å²) in [7, 11) is 1.55. The maximum Gasteiger partial charge on any atom is 0.313 e. The summed E-state index contributed by atoms with van der Waals surface area (Å²) >= 11 is 3.34. The Bertz CT molecular complexity index is 528. The van der Waals surface area contributed by atoms with Gasteiger partial charge in [-0.3, -0.25) is 9.59 Å². The molecular weight excluding hydrogens is 338 g/mol. The molecule has 2 N–H and O–H groups in total. The molecule has 0 aromatic heterocycles. The molecule has 6 nitrogen and oxygen atoms in total. The molecule has 1 saturated heterocycles. The third-order valence-electron chi connectivity index (χ3n) is 3.24. The highest BCUT2D eigenvalue weighted by atomic mass is 79.9. The van der Waals surface area contributed by atoms with E-state index in [4.69, 9.17) is 4.74 Å². The minimum absolute atomic E-state index is 0.506. The lowest BCUT2D eigenvalue weighted by Gasteiger charge is -2.19. The van der Waals surface area contributed by atoms with Gasteiger partial charge in [-0.25, -0.2) is 0 Å². The van der Waals surface area contributed by atoms with Crippen LogP contribution in [0.15, 0.2) is 22.7 Å². The summed E-state index contributed by atoms with van der Waals surface area (Å²) < 4.78 is 5.81. The Kier molecular flexibility index (Phi) is 5.58. The molecule has 2 amide bonds. The summed E-state index contributed by atoms with van der Waals surface area (Å²) in [6, 6.07) is 5.19. The van der Waals surface area contributed by atoms with E-state index >= 15 is 0 Å². The number of benzene rings is 1. The number of nitrogens with zero attached hydrogens (tertiary/aromatic N) is 1. The first kappa shape index (κ1) is 15.8. The Hall–Kier alpha value is -1.60. The summed E-state index contributed by atoms with van der Waals surface area (Å²) in [5, 5.41) is 5.82. The lowest BCUT2D eigenvalue weighted by Crippen LogP contribution is -2.41. The number of amides is 2. The molecule has 1 fully saturated rings. The van der Waals surface area contributed by atoms with Crippen LogP contribution in [-0.4, -0.2) is 50.0 Å². The predicted molar refractivity (Wildman–Crippen MR) is 83.4 cm³/mol. The van der Waals surface area contributed by atoms with Crippen LogP contribution in [0.2, 0.25) is 0 Å². The predicted octanol–water partition coefficient (Wildman–Crippen LogP) is 1.22. The van der Waals surface area contributed by atoms with E-state index in [1.807, 2.05) is 0 Å². The van der Waals surface area contributed by atoms with Gasteiger partial charge in [0, 0.05) is 30.2 Å². The lowest BCUT2D eigenvalue weighted by molar-refractivity contribution is -0.143. The molecule has 1 aliphatic rings. The number of anilines is 1. The first-order valence-corrected chi connectivity index (χ1v) is 7.55. The van der Waals surface area contributed by atoms with Crippen LogP contribution < -0.4 is 15.4 Å². The average molecular weight is 356 g/mol. The molecule has 0 aliphatic carbocycles. The van der Waals surface area contributed by atoms with Gasteiger partial charge in [-0.05, 0) is 41.0 Å². The van der Waals surface area contributed by atoms with Gasteiger partial charge in [-0.1, -0.05) is 0 Å². The summed E-state index contributed by atoms with van der Waals surface area (Å²) in [6.07, 6.45) is 0.849. The standard InChI is InChI=1S/C14H18BrN3O3/c1-21-10-3-4-11(15)12(9-10)17-13(19)14(20)18-7-2-5-16-6-8-18/h3-4,9,16H,2,5-8H2,1H3,(H,17,19). The van der Waals surface area contributed by atoms with E-state index in [1.54, 1.807) is 30.2 Å². The van der Waals surface area contributed by atoms with Gasteiger partial charge in [-0.15, -0.1) is 0 Å². The quantitative estimate of drug-likeness (QED) is 0.782. The first-order chi connectivity index (χ1) is 10.1. The molecule has 1 aliphatic heterocycles. The molecule has 0 unspecified atom stereocenters. The van der Waals surface area contributed by atoms with Gasteiger partial charge in [0.15, 0.2) is 0 Å². The summed E-state index contributed by atoms with van der Waals surface area (Å²) in [5.41, 5.74) is 0.514. The molecule has 0 atom stereocenters. The van der Waals surface area contributed by atoms with Crippen molar-refractivity contribution in [2.45, 2.75) is 6.42 Å². The van der Waals surface area contributed by atoms with Crippen LogP contribution in [0.1, 0.15) is 6.42 Å². The zero-order valence-corrected chi connectivity index (χ0v) is 13.4. The molecule has 21 heavy (non-hydrogen) atoms. The molecule has 0 bridgehead atoms. The molecule has 0 saturated carbocycles. The van der Waals surface area contributed by atoms with Crippen molar-refractivity contribution < 1.29 is 14.3 Å². The minimum atomic E-state index is -0.633. The van der Waals surface area contributed by atoms with Crippen LogP contribution >= 0.6 is 15.9 Å². The van der Waals surface area contributed by atoms with Gasteiger partial charge in [0.1, 0.15) is 5.75 Å². The van der Waals surface area contributed by atoms with Crippen molar-refractivity contribution >= 4 is 33.4 Å². The fourth-order valence-electron chi connectivity index (χ4n) is 2.10. The second-order valence-corrected chi connectivity index (χ2v) is 5.55. The zero-order chi connectivity index (χ0) is 15.2. The first-order valence-electron chi connectivity index (χ1n) is 6.76. The van der Waals surface area contributed by atoms with Crippen LogP contribution in [-0.2, 0) is 9.59 Å². The van der Waals surface area contributed by atoms with E-state index in [9.17, 15) is 9.59 Å². The smallest absolute Gasteiger partial charge is 0.313 e. The fraction of sp³-hybridized carbons (Fsp3) is 0.429. The van der Waals surface area contributed by atoms with Gasteiger partial charge in [0.2, 0.25) is 0 Å². The lowest BCUT2D eigenvalue weighted by atomic mass is 10.3. The zero-order valence-electron chi connectivity index (χ0n) is 11.8. The minimum Gasteiger partial charge on any atom is -0.497 e. The maximum absolute atomic E-state index is 12.2. The van der Waals surface area contributed by atoms with Crippen LogP contribution in [0.5, 0.6) is 5.75 Å². The molecule has 114 valence electrons. The number of methoxy groups -OCH3 is 1. The third-order valence-corrected chi connectivity index (χ3v) is 3.93. The normalized spacial score (nSPS) is 15.2. The average Bonchev–Trinajstić information content (AvgIpc) is 2.77. The number of carbonyl (C=O) groups is 2. The van der Waals surface area contributed by atoms with Crippen LogP contribution in [0.25, 0.3) is 0 Å². The topological polar surface area (TPSA) is 70.7 Å². The Balaban J connectivity index is 2.04. The maximum atomic E-state index is 12.2. The molecule has 0 spiro atoms. The number of rotatable bonds is 2. The summed E-state index contributed by atoms with van der Waals surface area (Å²) in [5.74, 6) is -0.529. The molecule has 1 aromatic rings. The highest BCUT2D eigenvalue weighted by Gasteiger charge is 2.23. The van der Waals surface area contributed by atoms with E-state index in [1.165, 1.54) is 0 Å². The molecule has 2 rings (SSSR count). The van der Waals surface area contributed by atoms with Gasteiger partial charge in [0.25, 0.3) is 0 Å². The highest BCUT2D eigenvalue weighted by molar-refractivity contribution is 9.10. The van der Waals surface area contributed by atoms with E-state index in [-0.39, 0.29) is 0 Å². The van der Waals surface area contributed by atoms with Crippen molar-refractivity contribution in [2.75, 3.05) is 38.6 Å². The molecular formula is C14H18BrN3O3. The van der Waals surface area contributed by atoms with Crippen LogP contribution in [0, 0.1) is 0 Å². The second-order valence-electron chi connectivity index (χ2n) is 4.70. The van der Waals surface area contributed by atoms with Gasteiger partial charge < -0.3 is 20.3 Å². The van der Waals surface area contributed by atoms with E-state index < -0.39 is 11.8 Å². The SMILES string of the molecule is COc1ccc(Br)c(NC(=O)C(=O)N2CCCNCC2)c1. The van der Waals surface area contributed by atoms with Crippen molar-refractivity contribution in [3.63, 3.8) is 0 Å². The Morgan fingerprint density at radius 1 is 1.33 bits per heavy atom. The highest BCUT2D eigenvalue weighted by Crippen LogP contribution is 2.27. The molecule has 1 aromatic carbocycles. The molecule has 7 heteroatoms. The number of nitrogens with one attached hydrogen (secondary N) is 2. The van der Waals surface area contributed by atoms with Crippen molar-refractivity contribution in [1.29, 1.82) is 0 Å². The summed E-state index contributed by atoms with van der Waals surface area (Å²) in [4.78, 5) is 25.8. The number of carbonyl (C=O) groups excluding carboxylic acids is 2. The van der Waals surface area contributed by atoms with Gasteiger partial charge in [-0.2, -0.15) is 0 Å². The number of hydrogen-bond acceptors (Lipinski definition) is 4. The molecule has 0 radical (unpaired) electrons. The largest absolute Gasteiger partial charge is 0.497 e. The van der Waals surface area contributed by atoms with E-state index in [2.05, 4.69) is 26.6 Å². The number of ether oxygens (including phenoxy) is 1. The van der Waals surface area contributed by atoms with Crippen molar-refractivity contribution in [3.05, 3.63) is 22.7 Å². The van der Waals surface area contributed by atoms with Crippen molar-refractivity contribution in [3.8, 4) is 5.75 Å². The molecule has 1 heterocycles. The summed E-state index contributed by atoms with van der Waals surface area (Å²) in [6.45, 7) is 2.72. The van der Waals surface area contributed by atoms with Gasteiger partial charge in [0.05, 0.1) is 12.8 Å². The Morgan fingerprint density at radius 3 is 2.90 bits per heavy atom. The van der Waals surface area contributed by atoms with Crippen molar-refractivity contribution in [1.82, 2.24) is 10.2 Å². The Morgan fingerprint density at radius 2 is 2.14 bits per heavy atom. The number of halogens is 1.